The van der Waals surface area contributed by atoms with E-state index in [0.717, 1.165) is 6.42 Å². The molecule has 138 valence electrons. The molecule has 2 atom stereocenters. The van der Waals surface area contributed by atoms with Crippen molar-refractivity contribution in [3.8, 4) is 5.75 Å². The first-order chi connectivity index (χ1) is 11.9. The van der Waals surface area contributed by atoms with Gasteiger partial charge in [0.05, 0.1) is 12.6 Å². The van der Waals surface area contributed by atoms with Gasteiger partial charge < -0.3 is 14.4 Å². The molecule has 0 spiro atoms. The molecule has 1 aromatic rings. The highest BCUT2D eigenvalue weighted by Gasteiger charge is 2.44. The number of ether oxygens (including phenoxy) is 2. The fraction of sp³-hybridized carbons (Fsp3) is 0.588. The third-order valence-electron chi connectivity index (χ3n) is 4.48. The summed E-state index contributed by atoms with van der Waals surface area (Å²) in [5, 5.41) is 0. The topological polar surface area (TPSA) is 42.0 Å². The first-order valence-electron chi connectivity index (χ1n) is 8.33. The minimum atomic E-state index is -4.37. The number of anilines is 1. The third-order valence-corrected chi connectivity index (χ3v) is 4.48. The predicted octanol–water partition coefficient (Wildman–Crippen LogP) is 3.29. The van der Waals surface area contributed by atoms with Crippen LogP contribution in [0.4, 0.5) is 23.7 Å². The first kappa shape index (κ1) is 17.8. The van der Waals surface area contributed by atoms with Crippen molar-refractivity contribution < 1.29 is 27.4 Å². The van der Waals surface area contributed by atoms with Gasteiger partial charge in [0.2, 0.25) is 0 Å². The second-order valence-corrected chi connectivity index (χ2v) is 6.36. The van der Waals surface area contributed by atoms with Crippen molar-refractivity contribution in [2.45, 2.75) is 25.6 Å². The van der Waals surface area contributed by atoms with Gasteiger partial charge in [-0.2, -0.15) is 13.2 Å². The summed E-state index contributed by atoms with van der Waals surface area (Å²) in [6.45, 7) is 3.24. The Morgan fingerprint density at radius 2 is 1.92 bits per heavy atom. The molecular weight excluding hydrogens is 337 g/mol. The molecule has 2 fully saturated rings. The number of benzene rings is 1. The smallest absolute Gasteiger partial charge is 0.422 e. The van der Waals surface area contributed by atoms with E-state index in [1.165, 1.54) is 12.1 Å². The molecule has 2 unspecified atom stereocenters. The van der Waals surface area contributed by atoms with Gasteiger partial charge in [-0.25, -0.2) is 4.79 Å². The lowest BCUT2D eigenvalue weighted by molar-refractivity contribution is -0.153. The zero-order valence-electron chi connectivity index (χ0n) is 14.0. The van der Waals surface area contributed by atoms with Crippen molar-refractivity contribution in [1.29, 1.82) is 0 Å². The van der Waals surface area contributed by atoms with Crippen molar-refractivity contribution in [1.82, 2.24) is 4.90 Å². The van der Waals surface area contributed by atoms with E-state index in [4.69, 9.17) is 4.74 Å². The van der Waals surface area contributed by atoms with Crippen LogP contribution in [-0.4, -0.2) is 56.1 Å². The van der Waals surface area contributed by atoms with Gasteiger partial charge in [0.1, 0.15) is 5.75 Å². The molecule has 0 aliphatic carbocycles. The van der Waals surface area contributed by atoms with Gasteiger partial charge in [0, 0.05) is 31.3 Å². The first-order valence-corrected chi connectivity index (χ1v) is 8.33. The van der Waals surface area contributed by atoms with Gasteiger partial charge >= 0.3 is 12.2 Å². The van der Waals surface area contributed by atoms with Gasteiger partial charge in [0.25, 0.3) is 0 Å². The number of carbonyl (C=O) groups excluding carboxylic acids is 1. The second-order valence-electron chi connectivity index (χ2n) is 6.36. The van der Waals surface area contributed by atoms with Crippen molar-refractivity contribution >= 4 is 11.7 Å². The van der Waals surface area contributed by atoms with E-state index >= 15 is 0 Å². The lowest BCUT2D eigenvalue weighted by atomic mass is 10.1. The number of carbonyl (C=O) groups is 1. The molecule has 2 amide bonds. The predicted molar refractivity (Wildman–Crippen MR) is 85.8 cm³/mol. The highest BCUT2D eigenvalue weighted by molar-refractivity contribution is 5.95. The Balaban J connectivity index is 1.58. The number of hydrogen-bond donors (Lipinski definition) is 0. The molecule has 2 heterocycles. The van der Waals surface area contributed by atoms with E-state index in [9.17, 15) is 18.0 Å². The van der Waals surface area contributed by atoms with Crippen LogP contribution in [-0.2, 0) is 4.74 Å². The molecule has 0 radical (unpaired) electrons. The third kappa shape index (κ3) is 4.18. The molecule has 0 aromatic heterocycles. The lowest BCUT2D eigenvalue weighted by Gasteiger charge is -2.19. The van der Waals surface area contributed by atoms with Crippen LogP contribution in [0.2, 0.25) is 0 Å². The summed E-state index contributed by atoms with van der Waals surface area (Å²) in [4.78, 5) is 16.1. The van der Waals surface area contributed by atoms with E-state index in [2.05, 4.69) is 4.74 Å². The average Bonchev–Trinajstić information content (AvgIpc) is 3.10. The summed E-state index contributed by atoms with van der Waals surface area (Å²) < 4.78 is 46.6. The van der Waals surface area contributed by atoms with E-state index in [0.29, 0.717) is 37.9 Å². The van der Waals surface area contributed by atoms with Gasteiger partial charge in [-0.3, -0.25) is 4.90 Å². The summed E-state index contributed by atoms with van der Waals surface area (Å²) >= 11 is 0. The number of fused-ring (bicyclic) bond motifs is 1. The molecule has 0 N–H and O–H groups in total. The number of hydrogen-bond acceptors (Lipinski definition) is 3. The molecule has 5 nitrogen and oxygen atoms in total. The van der Waals surface area contributed by atoms with Crippen LogP contribution in [0.3, 0.4) is 0 Å². The molecule has 2 saturated heterocycles. The number of amides is 2. The SMILES string of the molecule is CCOCC1CC2CN(c3ccc(OCC(F)(F)F)cc3)C(=O)N2C1. The molecule has 0 saturated carbocycles. The second kappa shape index (κ2) is 7.11. The number of halogens is 3. The quantitative estimate of drug-likeness (QED) is 0.784. The Morgan fingerprint density at radius 3 is 2.52 bits per heavy atom. The zero-order valence-corrected chi connectivity index (χ0v) is 14.0. The van der Waals surface area contributed by atoms with Gasteiger partial charge in [0.15, 0.2) is 6.61 Å². The van der Waals surface area contributed by atoms with E-state index in [-0.39, 0.29) is 17.8 Å². The lowest BCUT2D eigenvalue weighted by Crippen LogP contribution is -2.33. The largest absolute Gasteiger partial charge is 0.484 e. The monoisotopic (exact) mass is 358 g/mol. The van der Waals surface area contributed by atoms with Crippen LogP contribution in [0.25, 0.3) is 0 Å². The number of urea groups is 1. The van der Waals surface area contributed by atoms with E-state index in [1.54, 1.807) is 17.0 Å². The molecule has 0 bridgehead atoms. The molecule has 2 aliphatic heterocycles. The molecule has 25 heavy (non-hydrogen) atoms. The summed E-state index contributed by atoms with van der Waals surface area (Å²) in [5.74, 6) is 0.499. The van der Waals surface area contributed by atoms with Gasteiger partial charge in [-0.15, -0.1) is 0 Å². The average molecular weight is 358 g/mol. The summed E-state index contributed by atoms with van der Waals surface area (Å²) in [6, 6.07) is 6.24. The van der Waals surface area contributed by atoms with Crippen LogP contribution < -0.4 is 9.64 Å². The fourth-order valence-electron chi connectivity index (χ4n) is 3.37. The van der Waals surface area contributed by atoms with Crippen LogP contribution in [0.1, 0.15) is 13.3 Å². The minimum Gasteiger partial charge on any atom is -0.484 e. The normalized spacial score (nSPS) is 23.3. The number of alkyl halides is 3. The van der Waals surface area contributed by atoms with Crippen LogP contribution in [0, 0.1) is 5.92 Å². The summed E-state index contributed by atoms with van der Waals surface area (Å²) in [5.41, 5.74) is 0.667. The molecule has 1 aromatic carbocycles. The fourth-order valence-corrected chi connectivity index (χ4v) is 3.37. The maximum absolute atomic E-state index is 12.6. The van der Waals surface area contributed by atoms with E-state index < -0.39 is 12.8 Å². The molecule has 3 rings (SSSR count). The van der Waals surface area contributed by atoms with Crippen molar-refractivity contribution in [2.75, 3.05) is 37.8 Å². The van der Waals surface area contributed by atoms with Gasteiger partial charge in [-0.1, -0.05) is 0 Å². The highest BCUT2D eigenvalue weighted by Crippen LogP contribution is 2.33. The van der Waals surface area contributed by atoms with Crippen molar-refractivity contribution in [2.24, 2.45) is 5.92 Å². The minimum absolute atomic E-state index is 0.0621. The van der Waals surface area contributed by atoms with E-state index in [1.807, 2.05) is 11.8 Å². The standard InChI is InChI=1S/C17H21F3N2O3/c1-2-24-10-12-7-14-9-22(16(23)21(14)8-12)13-3-5-15(6-4-13)25-11-17(18,19)20/h3-6,12,14H,2,7-11H2,1H3. The Morgan fingerprint density at radius 1 is 1.20 bits per heavy atom. The Hall–Kier alpha value is -1.96. The Kier molecular flexibility index (Phi) is 5.08. The molecule has 8 heteroatoms. The number of nitrogens with zero attached hydrogens (tertiary/aromatic N) is 2. The van der Waals surface area contributed by atoms with Gasteiger partial charge in [-0.05, 0) is 37.6 Å². The van der Waals surface area contributed by atoms with Crippen LogP contribution >= 0.6 is 0 Å². The summed E-state index contributed by atoms with van der Waals surface area (Å²) in [6.07, 6.45) is -3.46. The maximum Gasteiger partial charge on any atom is 0.422 e. The van der Waals surface area contributed by atoms with Crippen molar-refractivity contribution in [3.63, 3.8) is 0 Å². The Labute approximate surface area is 144 Å². The summed E-state index contributed by atoms with van der Waals surface area (Å²) in [7, 11) is 0. The maximum atomic E-state index is 12.6. The van der Waals surface area contributed by atoms with Crippen LogP contribution in [0.15, 0.2) is 24.3 Å². The Bertz CT molecular complexity index is 606. The molecular formula is C17H21F3N2O3. The van der Waals surface area contributed by atoms with Crippen molar-refractivity contribution in [3.05, 3.63) is 24.3 Å². The molecule has 2 aliphatic rings. The highest BCUT2D eigenvalue weighted by atomic mass is 19.4. The number of rotatable bonds is 6. The zero-order chi connectivity index (χ0) is 18.0. The van der Waals surface area contributed by atoms with Crippen LogP contribution in [0.5, 0.6) is 5.75 Å².